The molecule has 1 atom stereocenters. The Bertz CT molecular complexity index is 1440. The highest BCUT2D eigenvalue weighted by Crippen LogP contribution is 2.38. The number of esters is 1. The van der Waals surface area contributed by atoms with Gasteiger partial charge in [0.1, 0.15) is 12.4 Å². The van der Waals surface area contributed by atoms with Gasteiger partial charge >= 0.3 is 12.0 Å². The van der Waals surface area contributed by atoms with Crippen molar-refractivity contribution in [3.8, 4) is 11.5 Å². The number of nitrogens with one attached hydrogen (secondary N) is 1. The van der Waals surface area contributed by atoms with E-state index < -0.39 is 5.97 Å². The molecule has 0 fully saturated rings. The third-order valence-corrected chi connectivity index (χ3v) is 6.96. The molecular formula is C30H33N5O3. The van der Waals surface area contributed by atoms with Crippen molar-refractivity contribution < 1.29 is 14.3 Å². The van der Waals surface area contributed by atoms with Crippen molar-refractivity contribution in [2.75, 3.05) is 13.2 Å². The summed E-state index contributed by atoms with van der Waals surface area (Å²) in [7, 11) is 0. The molecule has 0 aliphatic carbocycles. The van der Waals surface area contributed by atoms with Crippen LogP contribution >= 0.6 is 0 Å². The molecule has 1 aliphatic heterocycles. The van der Waals surface area contributed by atoms with Gasteiger partial charge < -0.3 is 19.5 Å². The van der Waals surface area contributed by atoms with Crippen molar-refractivity contribution in [3.63, 3.8) is 0 Å². The molecule has 0 saturated carbocycles. The lowest BCUT2D eigenvalue weighted by molar-refractivity contribution is -0.141. The second-order valence-corrected chi connectivity index (χ2v) is 9.75. The van der Waals surface area contributed by atoms with Gasteiger partial charge in [-0.15, -0.1) is 0 Å². The molecule has 5 rings (SSSR count). The lowest BCUT2D eigenvalue weighted by atomic mass is 9.97. The number of rotatable bonds is 6. The van der Waals surface area contributed by atoms with Crippen LogP contribution in [0.4, 0.5) is 4.79 Å². The number of urea groups is 1. The number of benzene rings is 2. The molecule has 8 heteroatoms. The number of hydrogen-bond acceptors (Lipinski definition) is 4. The average molecular weight is 512 g/mol. The van der Waals surface area contributed by atoms with Gasteiger partial charge in [-0.3, -0.25) is 4.79 Å². The number of ether oxygens (including phenoxy) is 1. The molecule has 3 heterocycles. The highest BCUT2D eigenvalue weighted by atomic mass is 16.5. The van der Waals surface area contributed by atoms with Gasteiger partial charge in [-0.25, -0.2) is 9.48 Å². The van der Waals surface area contributed by atoms with Crippen molar-refractivity contribution in [1.82, 2.24) is 24.6 Å². The van der Waals surface area contributed by atoms with E-state index in [9.17, 15) is 9.59 Å². The number of nitrogens with zero attached hydrogens (tertiary/aromatic N) is 4. The summed E-state index contributed by atoms with van der Waals surface area (Å²) in [6.45, 7) is 8.42. The number of hydrogen-bond donors (Lipinski definition) is 1. The van der Waals surface area contributed by atoms with Gasteiger partial charge in [-0.2, -0.15) is 5.10 Å². The van der Waals surface area contributed by atoms with Gasteiger partial charge in [0.15, 0.2) is 0 Å². The molecule has 4 aromatic rings. The summed E-state index contributed by atoms with van der Waals surface area (Å²) in [4.78, 5) is 27.5. The van der Waals surface area contributed by atoms with Gasteiger partial charge in [0, 0.05) is 11.8 Å². The lowest BCUT2D eigenvalue weighted by Crippen LogP contribution is -2.44. The molecule has 2 amide bonds. The third-order valence-electron chi connectivity index (χ3n) is 6.96. The number of carbonyl (C=O) groups is 2. The minimum atomic E-state index is -0.467. The minimum absolute atomic E-state index is 0.196. The maximum atomic E-state index is 13.7. The van der Waals surface area contributed by atoms with E-state index in [2.05, 4.69) is 48.0 Å². The first-order chi connectivity index (χ1) is 18.4. The SMILES string of the molecule is CCOC(=O)CNC(=O)N1Cc2c(C)nn(-c3ccccc3)c2-n2cccc2[C@@H]1c1ccc(C(C)C)cc1. The zero-order valence-corrected chi connectivity index (χ0v) is 22.2. The van der Waals surface area contributed by atoms with Crippen LogP contribution in [0.25, 0.3) is 11.5 Å². The molecule has 1 aliphatic rings. The first kappa shape index (κ1) is 25.3. The maximum Gasteiger partial charge on any atom is 0.325 e. The Morgan fingerprint density at radius 1 is 1.05 bits per heavy atom. The van der Waals surface area contributed by atoms with Crippen molar-refractivity contribution >= 4 is 12.0 Å². The fourth-order valence-corrected chi connectivity index (χ4v) is 5.02. The summed E-state index contributed by atoms with van der Waals surface area (Å²) in [5.74, 6) is 0.832. The van der Waals surface area contributed by atoms with Crippen LogP contribution in [-0.4, -0.2) is 44.4 Å². The average Bonchev–Trinajstić information content (AvgIpc) is 3.48. The Labute approximate surface area is 222 Å². The predicted molar refractivity (Wildman–Crippen MR) is 146 cm³/mol. The van der Waals surface area contributed by atoms with Crippen LogP contribution in [0.2, 0.25) is 0 Å². The van der Waals surface area contributed by atoms with E-state index in [1.165, 1.54) is 5.56 Å². The van der Waals surface area contributed by atoms with Crippen LogP contribution in [-0.2, 0) is 16.1 Å². The molecule has 0 saturated heterocycles. The Hall–Kier alpha value is -4.33. The van der Waals surface area contributed by atoms with Crippen LogP contribution in [0.5, 0.6) is 0 Å². The third kappa shape index (κ3) is 4.69. The standard InChI is InChI=1S/C30H33N5O3/c1-5-38-27(36)18-31-30(37)34-19-25-21(4)32-35(24-10-7-6-8-11-24)29(25)33-17-9-12-26(33)28(34)23-15-13-22(14-16-23)20(2)3/h6-17,20,28H,5,18-19H2,1-4H3,(H,31,37)/t28-/m0/s1. The molecule has 2 aromatic carbocycles. The number of aryl methyl sites for hydroxylation is 1. The Kier molecular flexibility index (Phi) is 7.05. The number of aromatic nitrogens is 3. The monoisotopic (exact) mass is 511 g/mol. The lowest BCUT2D eigenvalue weighted by Gasteiger charge is -2.31. The number of carbonyl (C=O) groups excluding carboxylic acids is 2. The first-order valence-corrected chi connectivity index (χ1v) is 13.0. The summed E-state index contributed by atoms with van der Waals surface area (Å²) in [5.41, 5.74) is 5.87. The molecule has 1 N–H and O–H groups in total. The van der Waals surface area contributed by atoms with Crippen LogP contribution < -0.4 is 5.32 Å². The quantitative estimate of drug-likeness (QED) is 0.358. The van der Waals surface area contributed by atoms with Gasteiger partial charge in [-0.1, -0.05) is 56.3 Å². The summed E-state index contributed by atoms with van der Waals surface area (Å²) in [6, 6.07) is 21.7. The van der Waals surface area contributed by atoms with Crippen molar-refractivity contribution in [1.29, 1.82) is 0 Å². The van der Waals surface area contributed by atoms with Crippen molar-refractivity contribution in [2.45, 2.75) is 46.2 Å². The zero-order chi connectivity index (χ0) is 26.8. The summed E-state index contributed by atoms with van der Waals surface area (Å²) in [6.07, 6.45) is 2.02. The summed E-state index contributed by atoms with van der Waals surface area (Å²) >= 11 is 0. The summed E-state index contributed by atoms with van der Waals surface area (Å²) in [5, 5.41) is 7.65. The molecular weight excluding hydrogens is 478 g/mol. The van der Waals surface area contributed by atoms with Crippen LogP contribution in [0.3, 0.4) is 0 Å². The van der Waals surface area contributed by atoms with E-state index in [1.54, 1.807) is 11.8 Å². The fraction of sp³-hybridized carbons (Fsp3) is 0.300. The van der Waals surface area contributed by atoms with E-state index in [0.717, 1.165) is 34.0 Å². The largest absolute Gasteiger partial charge is 0.465 e. The molecule has 0 bridgehead atoms. The van der Waals surface area contributed by atoms with Crippen LogP contribution in [0.15, 0.2) is 72.9 Å². The molecule has 38 heavy (non-hydrogen) atoms. The van der Waals surface area contributed by atoms with Crippen LogP contribution in [0, 0.1) is 6.92 Å². The van der Waals surface area contributed by atoms with E-state index in [4.69, 9.17) is 9.84 Å². The number of para-hydroxylation sites is 1. The van der Waals surface area contributed by atoms with E-state index in [-0.39, 0.29) is 25.2 Å². The fourth-order valence-electron chi connectivity index (χ4n) is 5.02. The Morgan fingerprint density at radius 2 is 1.79 bits per heavy atom. The van der Waals surface area contributed by atoms with Gasteiger partial charge in [0.05, 0.1) is 36.3 Å². The normalized spacial score (nSPS) is 14.6. The Morgan fingerprint density at radius 3 is 2.47 bits per heavy atom. The summed E-state index contributed by atoms with van der Waals surface area (Å²) < 4.78 is 9.10. The Balaban J connectivity index is 1.64. The minimum Gasteiger partial charge on any atom is -0.465 e. The molecule has 196 valence electrons. The zero-order valence-electron chi connectivity index (χ0n) is 22.2. The highest BCUT2D eigenvalue weighted by molar-refractivity contribution is 5.81. The van der Waals surface area contributed by atoms with Gasteiger partial charge in [-0.05, 0) is 55.2 Å². The second-order valence-electron chi connectivity index (χ2n) is 9.75. The first-order valence-electron chi connectivity index (χ1n) is 13.0. The van der Waals surface area contributed by atoms with Crippen LogP contribution in [0.1, 0.15) is 60.8 Å². The van der Waals surface area contributed by atoms with Gasteiger partial charge in [0.25, 0.3) is 0 Å². The van der Waals surface area contributed by atoms with E-state index in [1.807, 2.05) is 60.3 Å². The number of amides is 2. The second kappa shape index (κ2) is 10.6. The maximum absolute atomic E-state index is 13.7. The van der Waals surface area contributed by atoms with E-state index in [0.29, 0.717) is 12.5 Å². The van der Waals surface area contributed by atoms with E-state index >= 15 is 0 Å². The number of fused-ring (bicyclic) bond motifs is 3. The molecule has 2 aromatic heterocycles. The smallest absolute Gasteiger partial charge is 0.325 e. The molecule has 0 unspecified atom stereocenters. The topological polar surface area (TPSA) is 81.4 Å². The molecule has 0 spiro atoms. The molecule has 0 radical (unpaired) electrons. The van der Waals surface area contributed by atoms with Gasteiger partial charge in [0.2, 0.25) is 0 Å². The van der Waals surface area contributed by atoms with Crippen molar-refractivity contribution in [2.24, 2.45) is 0 Å². The predicted octanol–water partition coefficient (Wildman–Crippen LogP) is 5.27. The van der Waals surface area contributed by atoms with Crippen molar-refractivity contribution in [3.05, 3.63) is 101 Å². The highest BCUT2D eigenvalue weighted by Gasteiger charge is 2.36. The molecule has 8 nitrogen and oxygen atoms in total.